The number of nitrogens with zero attached hydrogens (tertiary/aromatic N) is 3. The second-order valence-electron chi connectivity index (χ2n) is 10.4. The number of benzene rings is 2. The summed E-state index contributed by atoms with van der Waals surface area (Å²) in [4.78, 5) is 48.6. The van der Waals surface area contributed by atoms with Crippen LogP contribution in [0.5, 0.6) is 0 Å². The number of carbonyl (C=O) groups excluding carboxylic acids is 3. The number of methoxy groups -OCH3 is 1. The maximum atomic E-state index is 13.1. The largest absolute Gasteiger partial charge is 0.453 e. The van der Waals surface area contributed by atoms with Gasteiger partial charge in [0.15, 0.2) is 0 Å². The third kappa shape index (κ3) is 10.4. The molecular formula is C33H37N5O6S. The SMILES string of the molecule is COC(=O)N(CC[C@H](O)[C@H](Cc1ccccc1)NC(=O)[C@H](C)NC(=O)OCc1cncs1)Cc1ccc(-c2ccccn2)cc1. The monoisotopic (exact) mass is 631 g/mol. The van der Waals surface area contributed by atoms with E-state index < -0.39 is 36.3 Å². The predicted molar refractivity (Wildman–Crippen MR) is 170 cm³/mol. The Kier molecular flexibility index (Phi) is 12.4. The molecule has 2 aromatic heterocycles. The second kappa shape index (κ2) is 16.9. The van der Waals surface area contributed by atoms with Crippen molar-refractivity contribution in [1.82, 2.24) is 25.5 Å². The maximum absolute atomic E-state index is 13.1. The van der Waals surface area contributed by atoms with Gasteiger partial charge >= 0.3 is 12.2 Å². The summed E-state index contributed by atoms with van der Waals surface area (Å²) in [6.45, 7) is 2.02. The van der Waals surface area contributed by atoms with Crippen LogP contribution in [-0.4, -0.2) is 69.9 Å². The lowest BCUT2D eigenvalue weighted by Gasteiger charge is -2.28. The van der Waals surface area contributed by atoms with Gasteiger partial charge in [-0.15, -0.1) is 11.3 Å². The number of pyridine rings is 1. The van der Waals surface area contributed by atoms with E-state index in [-0.39, 0.29) is 26.1 Å². The minimum atomic E-state index is -1.02. The lowest BCUT2D eigenvalue weighted by Crippen LogP contribution is -2.52. The number of hydrogen-bond acceptors (Lipinski definition) is 9. The molecule has 0 spiro atoms. The van der Waals surface area contributed by atoms with E-state index >= 15 is 0 Å². The Bertz CT molecular complexity index is 1490. The van der Waals surface area contributed by atoms with Crippen LogP contribution in [-0.2, 0) is 33.8 Å². The van der Waals surface area contributed by atoms with E-state index in [9.17, 15) is 19.5 Å². The molecule has 0 aliphatic carbocycles. The van der Waals surface area contributed by atoms with Gasteiger partial charge in [0, 0.05) is 31.0 Å². The zero-order chi connectivity index (χ0) is 32.0. The van der Waals surface area contributed by atoms with Crippen LogP contribution in [0.15, 0.2) is 90.7 Å². The van der Waals surface area contributed by atoms with Gasteiger partial charge in [0.2, 0.25) is 5.91 Å². The number of aliphatic hydroxyl groups is 1. The highest BCUT2D eigenvalue weighted by Gasteiger charge is 2.27. The Balaban J connectivity index is 1.37. The third-order valence-corrected chi connectivity index (χ3v) is 7.82. The summed E-state index contributed by atoms with van der Waals surface area (Å²) in [6.07, 6.45) is 1.55. The van der Waals surface area contributed by atoms with E-state index in [1.165, 1.54) is 30.3 Å². The van der Waals surface area contributed by atoms with Gasteiger partial charge < -0.3 is 30.1 Å². The summed E-state index contributed by atoms with van der Waals surface area (Å²) < 4.78 is 10.2. The van der Waals surface area contributed by atoms with Crippen molar-refractivity contribution in [2.24, 2.45) is 0 Å². The highest BCUT2D eigenvalue weighted by atomic mass is 32.1. The minimum Gasteiger partial charge on any atom is -0.453 e. The van der Waals surface area contributed by atoms with E-state index in [2.05, 4.69) is 20.6 Å². The molecule has 2 heterocycles. The Morgan fingerprint density at radius 2 is 1.73 bits per heavy atom. The quantitative estimate of drug-likeness (QED) is 0.184. The number of hydrogen-bond donors (Lipinski definition) is 3. The standard InChI is InChI=1S/C33H37N5O6S/c1-23(36-32(41)44-21-27-19-34-22-45-27)31(40)37-29(18-24-8-4-3-5-9-24)30(39)15-17-38(33(42)43-2)20-25-11-13-26(14-12-25)28-10-6-7-16-35-28/h3-14,16,19,22-23,29-30,39H,15,17-18,20-21H2,1-2H3,(H,36,41)(H,37,40)/t23-,29-,30-/m0/s1. The number of rotatable bonds is 14. The van der Waals surface area contributed by atoms with Gasteiger partial charge in [-0.2, -0.15) is 0 Å². The molecule has 2 aromatic carbocycles. The average molecular weight is 632 g/mol. The molecule has 0 saturated carbocycles. The van der Waals surface area contributed by atoms with Gasteiger partial charge in [0.1, 0.15) is 12.6 Å². The lowest BCUT2D eigenvalue weighted by atomic mass is 9.98. The molecule has 11 nitrogen and oxygen atoms in total. The Labute approximate surface area is 266 Å². The first-order valence-corrected chi connectivity index (χ1v) is 15.4. The van der Waals surface area contributed by atoms with Crippen molar-refractivity contribution < 1.29 is 29.0 Å². The summed E-state index contributed by atoms with van der Waals surface area (Å²) >= 11 is 1.35. The molecular weight excluding hydrogens is 594 g/mol. The molecule has 236 valence electrons. The van der Waals surface area contributed by atoms with Crippen molar-refractivity contribution >= 4 is 29.4 Å². The molecule has 45 heavy (non-hydrogen) atoms. The normalized spacial score (nSPS) is 12.8. The molecule has 0 radical (unpaired) electrons. The molecule has 3 atom stereocenters. The first-order chi connectivity index (χ1) is 21.8. The fraction of sp³-hybridized carbons (Fsp3) is 0.303. The topological polar surface area (TPSA) is 143 Å². The van der Waals surface area contributed by atoms with Crippen molar-refractivity contribution in [3.05, 3.63) is 107 Å². The Morgan fingerprint density at radius 3 is 2.40 bits per heavy atom. The first kappa shape index (κ1) is 33.1. The molecule has 4 rings (SSSR count). The van der Waals surface area contributed by atoms with Gasteiger partial charge in [-0.05, 0) is 43.0 Å². The van der Waals surface area contributed by atoms with Gasteiger partial charge in [-0.25, -0.2) is 9.59 Å². The van der Waals surface area contributed by atoms with Gasteiger partial charge in [-0.3, -0.25) is 14.8 Å². The number of ether oxygens (including phenoxy) is 2. The molecule has 4 aromatic rings. The number of nitrogens with one attached hydrogen (secondary N) is 2. The van der Waals surface area contributed by atoms with Crippen LogP contribution in [0.25, 0.3) is 11.3 Å². The van der Waals surface area contributed by atoms with Crippen molar-refractivity contribution in [1.29, 1.82) is 0 Å². The smallest absolute Gasteiger partial charge is 0.409 e. The van der Waals surface area contributed by atoms with E-state index in [4.69, 9.17) is 9.47 Å². The number of aromatic nitrogens is 2. The zero-order valence-corrected chi connectivity index (χ0v) is 26.0. The van der Waals surface area contributed by atoms with Crippen molar-refractivity contribution in [2.75, 3.05) is 13.7 Å². The minimum absolute atomic E-state index is 0.0469. The first-order valence-electron chi connectivity index (χ1n) is 14.5. The zero-order valence-electron chi connectivity index (χ0n) is 25.2. The summed E-state index contributed by atoms with van der Waals surface area (Å²) in [7, 11) is 1.31. The molecule has 0 aliphatic rings. The molecule has 3 N–H and O–H groups in total. The van der Waals surface area contributed by atoms with Crippen LogP contribution < -0.4 is 10.6 Å². The average Bonchev–Trinajstić information content (AvgIpc) is 3.60. The summed E-state index contributed by atoms with van der Waals surface area (Å²) in [6, 6.07) is 21.3. The van der Waals surface area contributed by atoms with E-state index in [1.54, 1.807) is 17.9 Å². The van der Waals surface area contributed by atoms with Gasteiger partial charge in [0.05, 0.1) is 35.3 Å². The lowest BCUT2D eigenvalue weighted by molar-refractivity contribution is -0.124. The number of aliphatic hydroxyl groups excluding tert-OH is 1. The van der Waals surface area contributed by atoms with E-state index in [1.807, 2.05) is 72.8 Å². The van der Waals surface area contributed by atoms with Crippen LogP contribution in [0, 0.1) is 0 Å². The second-order valence-corrected chi connectivity index (χ2v) is 11.3. The molecule has 0 fully saturated rings. The molecule has 0 saturated heterocycles. The number of amides is 3. The van der Waals surface area contributed by atoms with Crippen LogP contribution in [0.4, 0.5) is 9.59 Å². The molecule has 0 aliphatic heterocycles. The van der Waals surface area contributed by atoms with Gasteiger partial charge in [-0.1, -0.05) is 60.7 Å². The number of alkyl carbamates (subject to hydrolysis) is 1. The molecule has 3 amide bonds. The maximum Gasteiger partial charge on any atom is 0.409 e. The van der Waals surface area contributed by atoms with Crippen LogP contribution >= 0.6 is 11.3 Å². The van der Waals surface area contributed by atoms with E-state index in [0.717, 1.165) is 27.3 Å². The summed E-state index contributed by atoms with van der Waals surface area (Å²) in [5, 5.41) is 16.7. The fourth-order valence-corrected chi connectivity index (χ4v) is 5.09. The van der Waals surface area contributed by atoms with Crippen LogP contribution in [0.1, 0.15) is 29.3 Å². The fourth-order valence-electron chi connectivity index (χ4n) is 4.58. The van der Waals surface area contributed by atoms with Crippen LogP contribution in [0.3, 0.4) is 0 Å². The molecule has 12 heteroatoms. The Hall–Kier alpha value is -4.81. The summed E-state index contributed by atoms with van der Waals surface area (Å²) in [5.41, 5.74) is 5.22. The number of thiazole rings is 1. The third-order valence-electron chi connectivity index (χ3n) is 7.06. The molecule has 0 unspecified atom stereocenters. The number of carbonyl (C=O) groups is 3. The van der Waals surface area contributed by atoms with Crippen molar-refractivity contribution in [2.45, 2.75) is 51.1 Å². The molecule has 0 bridgehead atoms. The highest BCUT2D eigenvalue weighted by Crippen LogP contribution is 2.19. The van der Waals surface area contributed by atoms with Crippen LogP contribution in [0.2, 0.25) is 0 Å². The Morgan fingerprint density at radius 1 is 0.978 bits per heavy atom. The summed E-state index contributed by atoms with van der Waals surface area (Å²) in [5.74, 6) is -0.484. The highest BCUT2D eigenvalue weighted by molar-refractivity contribution is 7.09. The van der Waals surface area contributed by atoms with Crippen molar-refractivity contribution in [3.8, 4) is 11.3 Å². The van der Waals surface area contributed by atoms with E-state index in [0.29, 0.717) is 6.42 Å². The van der Waals surface area contributed by atoms with Crippen molar-refractivity contribution in [3.63, 3.8) is 0 Å². The predicted octanol–water partition coefficient (Wildman–Crippen LogP) is 4.57. The van der Waals surface area contributed by atoms with Gasteiger partial charge in [0.25, 0.3) is 0 Å².